The number of carbonyl (C=O) groups is 1. The molecule has 1 aromatic rings. The van der Waals surface area contributed by atoms with Crippen LogP contribution in [0, 0.1) is 0 Å². The van der Waals surface area contributed by atoms with Crippen LogP contribution in [-0.2, 0) is 16.8 Å². The van der Waals surface area contributed by atoms with Crippen LogP contribution in [0.4, 0.5) is 0 Å². The van der Waals surface area contributed by atoms with E-state index in [0.29, 0.717) is 31.7 Å². The Morgan fingerprint density at radius 1 is 1.50 bits per heavy atom. The van der Waals surface area contributed by atoms with Crippen LogP contribution in [0.2, 0.25) is 0 Å². The van der Waals surface area contributed by atoms with Gasteiger partial charge < -0.3 is 19.7 Å². The molecule has 1 aliphatic carbocycles. The second kappa shape index (κ2) is 6.28. The molecule has 1 unspecified atom stereocenters. The third kappa shape index (κ3) is 2.43. The summed E-state index contributed by atoms with van der Waals surface area (Å²) in [5, 5.41) is 19.7. The second-order valence-electron chi connectivity index (χ2n) is 7.42. The van der Waals surface area contributed by atoms with Gasteiger partial charge >= 0.3 is 5.97 Å². The van der Waals surface area contributed by atoms with Crippen molar-refractivity contribution in [3.8, 4) is 11.5 Å². The number of benzene rings is 1. The van der Waals surface area contributed by atoms with Gasteiger partial charge in [0.05, 0.1) is 18.6 Å². The number of hydrogen-bond donors (Lipinski definition) is 2. The number of carboxylic acid groups (broad SMARTS) is 1. The van der Waals surface area contributed by atoms with Gasteiger partial charge in [-0.3, -0.25) is 9.69 Å². The van der Waals surface area contributed by atoms with Crippen LogP contribution in [0.5, 0.6) is 11.5 Å². The van der Waals surface area contributed by atoms with Gasteiger partial charge in [0.25, 0.3) is 0 Å². The molecule has 1 aromatic carbocycles. The number of aliphatic carboxylic acids is 1. The second-order valence-corrected chi connectivity index (χ2v) is 7.42. The van der Waals surface area contributed by atoms with Crippen molar-refractivity contribution in [2.24, 2.45) is 0 Å². The quantitative estimate of drug-likeness (QED) is 0.802. The highest BCUT2D eigenvalue weighted by Gasteiger charge is 2.53. The molecule has 4 rings (SSSR count). The largest absolute Gasteiger partial charge is 0.493 e. The van der Waals surface area contributed by atoms with Crippen molar-refractivity contribution in [1.82, 2.24) is 4.90 Å². The first-order valence-corrected chi connectivity index (χ1v) is 9.21. The van der Waals surface area contributed by atoms with Crippen LogP contribution in [0.25, 0.3) is 0 Å². The van der Waals surface area contributed by atoms with Crippen molar-refractivity contribution in [3.63, 3.8) is 0 Å². The molecule has 0 amide bonds. The zero-order chi connectivity index (χ0) is 18.5. The van der Waals surface area contributed by atoms with E-state index in [4.69, 9.17) is 9.47 Å². The lowest BCUT2D eigenvalue weighted by Crippen LogP contribution is -2.44. The van der Waals surface area contributed by atoms with Gasteiger partial charge in [-0.05, 0) is 24.5 Å². The summed E-state index contributed by atoms with van der Waals surface area (Å²) in [6.07, 6.45) is 5.11. The summed E-state index contributed by atoms with van der Waals surface area (Å²) in [4.78, 5) is 13.8. The van der Waals surface area contributed by atoms with Crippen LogP contribution in [0.3, 0.4) is 0 Å². The lowest BCUT2D eigenvalue weighted by Gasteiger charge is -2.36. The van der Waals surface area contributed by atoms with Crippen molar-refractivity contribution in [2.45, 2.75) is 56.4 Å². The third-order valence-corrected chi connectivity index (χ3v) is 6.10. The number of aliphatic hydroxyl groups is 1. The number of carboxylic acids is 1. The average molecular weight is 359 g/mol. The van der Waals surface area contributed by atoms with E-state index in [1.807, 2.05) is 30.0 Å². The monoisotopic (exact) mass is 359 g/mol. The van der Waals surface area contributed by atoms with Gasteiger partial charge in [0.15, 0.2) is 11.5 Å². The molecule has 26 heavy (non-hydrogen) atoms. The highest BCUT2D eigenvalue weighted by molar-refractivity contribution is 5.73. The van der Waals surface area contributed by atoms with Gasteiger partial charge in [0.1, 0.15) is 12.1 Å². The fourth-order valence-electron chi connectivity index (χ4n) is 4.81. The van der Waals surface area contributed by atoms with E-state index < -0.39 is 18.1 Å². The molecule has 2 aliphatic heterocycles. The van der Waals surface area contributed by atoms with Gasteiger partial charge in [-0.25, -0.2) is 0 Å². The Balaban J connectivity index is 1.84. The molecule has 0 radical (unpaired) electrons. The molecule has 4 atom stereocenters. The first kappa shape index (κ1) is 17.4. The van der Waals surface area contributed by atoms with Crippen LogP contribution in [-0.4, -0.2) is 53.0 Å². The van der Waals surface area contributed by atoms with Gasteiger partial charge in [0, 0.05) is 25.1 Å². The summed E-state index contributed by atoms with van der Waals surface area (Å²) in [6.45, 7) is 3.15. The van der Waals surface area contributed by atoms with Gasteiger partial charge in [0.2, 0.25) is 0 Å². The van der Waals surface area contributed by atoms with Gasteiger partial charge in [-0.2, -0.15) is 0 Å². The fourth-order valence-corrected chi connectivity index (χ4v) is 4.81. The van der Waals surface area contributed by atoms with Gasteiger partial charge in [-0.1, -0.05) is 25.1 Å². The Labute approximate surface area is 153 Å². The Morgan fingerprint density at radius 2 is 2.31 bits per heavy atom. The minimum Gasteiger partial charge on any atom is -0.493 e. The third-order valence-electron chi connectivity index (χ3n) is 6.10. The molecule has 0 fully saturated rings. The van der Waals surface area contributed by atoms with E-state index in [1.165, 1.54) is 0 Å². The molecule has 2 heterocycles. The van der Waals surface area contributed by atoms with Crippen LogP contribution < -0.4 is 9.47 Å². The van der Waals surface area contributed by atoms with E-state index >= 15 is 0 Å². The number of nitrogens with zero attached hydrogens (tertiary/aromatic N) is 1. The summed E-state index contributed by atoms with van der Waals surface area (Å²) in [5.74, 6) is 0.663. The van der Waals surface area contributed by atoms with E-state index in [1.54, 1.807) is 7.11 Å². The average Bonchev–Trinajstić information content (AvgIpc) is 2.85. The number of aliphatic hydroxyl groups excluding tert-OH is 1. The number of ether oxygens (including phenoxy) is 2. The smallest absolute Gasteiger partial charge is 0.320 e. The van der Waals surface area contributed by atoms with E-state index in [0.717, 1.165) is 23.3 Å². The Hall–Kier alpha value is -2.05. The molecule has 140 valence electrons. The SMILES string of the molecule is CCC(C(=O)O)N1CC[C@@]23C=C[C@H](O)C[C@@H]2Oc2c(OC)ccc(c23)C1. The minimum atomic E-state index is -0.779. The topological polar surface area (TPSA) is 79.2 Å². The normalized spacial score (nSPS) is 30.7. The zero-order valence-electron chi connectivity index (χ0n) is 15.1. The molecule has 0 saturated carbocycles. The molecule has 1 spiro atoms. The highest BCUT2D eigenvalue weighted by atomic mass is 16.5. The Kier molecular flexibility index (Phi) is 4.20. The first-order chi connectivity index (χ1) is 12.5. The van der Waals surface area contributed by atoms with E-state index in [9.17, 15) is 15.0 Å². The van der Waals surface area contributed by atoms with Crippen LogP contribution in [0.1, 0.15) is 37.3 Å². The van der Waals surface area contributed by atoms with E-state index in [-0.39, 0.29) is 11.5 Å². The lowest BCUT2D eigenvalue weighted by molar-refractivity contribution is -0.143. The molecule has 2 N–H and O–H groups in total. The van der Waals surface area contributed by atoms with Crippen molar-refractivity contribution in [2.75, 3.05) is 13.7 Å². The molecular formula is C20H25NO5. The summed E-state index contributed by atoms with van der Waals surface area (Å²) in [5.41, 5.74) is 1.86. The van der Waals surface area contributed by atoms with Crippen molar-refractivity contribution in [1.29, 1.82) is 0 Å². The van der Waals surface area contributed by atoms with Gasteiger partial charge in [-0.15, -0.1) is 0 Å². The molecule has 0 aromatic heterocycles. The summed E-state index contributed by atoms with van der Waals surface area (Å²) < 4.78 is 11.8. The first-order valence-electron chi connectivity index (χ1n) is 9.21. The van der Waals surface area contributed by atoms with Crippen molar-refractivity contribution in [3.05, 3.63) is 35.4 Å². The standard InChI is InChI=1S/C20H25NO5/c1-3-14(19(23)24)21-9-8-20-7-6-13(22)10-16(20)26-18-15(25-2)5-4-12(11-21)17(18)20/h4-7,13-14,16,22H,3,8-11H2,1-2H3,(H,23,24)/t13-,14?,16-,20-/m0/s1. The fraction of sp³-hybridized carbons (Fsp3) is 0.550. The molecule has 0 bridgehead atoms. The predicted molar refractivity (Wildman–Crippen MR) is 95.6 cm³/mol. The van der Waals surface area contributed by atoms with E-state index in [2.05, 4.69) is 6.08 Å². The highest BCUT2D eigenvalue weighted by Crippen LogP contribution is 2.55. The number of rotatable bonds is 4. The summed E-state index contributed by atoms with van der Waals surface area (Å²) in [7, 11) is 1.63. The molecule has 6 heteroatoms. The van der Waals surface area contributed by atoms with Crippen LogP contribution in [0.15, 0.2) is 24.3 Å². The Bertz CT molecular complexity index is 761. The number of methoxy groups -OCH3 is 1. The maximum Gasteiger partial charge on any atom is 0.320 e. The Morgan fingerprint density at radius 3 is 3.00 bits per heavy atom. The molecule has 0 saturated heterocycles. The summed E-state index contributed by atoms with van der Waals surface area (Å²) >= 11 is 0. The van der Waals surface area contributed by atoms with Crippen molar-refractivity contribution < 1.29 is 24.5 Å². The maximum absolute atomic E-state index is 11.7. The summed E-state index contributed by atoms with van der Waals surface area (Å²) in [6, 6.07) is 3.42. The predicted octanol–water partition coefficient (Wildman–Crippen LogP) is 2.08. The minimum absolute atomic E-state index is 0.155. The number of hydrogen-bond acceptors (Lipinski definition) is 5. The lowest BCUT2D eigenvalue weighted by atomic mass is 9.69. The maximum atomic E-state index is 11.7. The zero-order valence-corrected chi connectivity index (χ0v) is 15.1. The van der Waals surface area contributed by atoms with Crippen molar-refractivity contribution >= 4 is 5.97 Å². The molecule has 6 nitrogen and oxygen atoms in total. The molecular weight excluding hydrogens is 334 g/mol. The van der Waals surface area contributed by atoms with Crippen LogP contribution >= 0.6 is 0 Å². The molecule has 3 aliphatic rings.